The van der Waals surface area contributed by atoms with Gasteiger partial charge in [0.1, 0.15) is 0 Å². The predicted molar refractivity (Wildman–Crippen MR) is 81.5 cm³/mol. The second-order valence-electron chi connectivity index (χ2n) is 4.94. The fraction of sp³-hybridized carbons (Fsp3) is 0.0556. The number of aromatic nitrogens is 1. The molecule has 0 saturated heterocycles. The lowest BCUT2D eigenvalue weighted by atomic mass is 9.97. The normalized spacial score (nSPS) is 11.4. The lowest BCUT2D eigenvalue weighted by molar-refractivity contribution is 1.24. The highest BCUT2D eigenvalue weighted by Gasteiger charge is 2.05. The van der Waals surface area contributed by atoms with Gasteiger partial charge in [0.15, 0.2) is 0 Å². The molecule has 0 amide bonds. The van der Waals surface area contributed by atoms with Gasteiger partial charge in [-0.25, -0.2) is 0 Å². The van der Waals surface area contributed by atoms with E-state index in [1.165, 1.54) is 32.3 Å². The Morgan fingerprint density at radius 1 is 0.632 bits per heavy atom. The molecule has 19 heavy (non-hydrogen) atoms. The van der Waals surface area contributed by atoms with Crippen LogP contribution in [0.4, 0.5) is 0 Å². The maximum Gasteiger partial charge on any atom is 0.0451 e. The quantitative estimate of drug-likeness (QED) is 0.402. The van der Waals surface area contributed by atoms with Crippen LogP contribution in [0.5, 0.6) is 0 Å². The SMILES string of the molecule is Cc1nccc2c1ccc1c3ccccc3ccc21. The summed E-state index contributed by atoms with van der Waals surface area (Å²) in [5, 5.41) is 7.76. The number of hydrogen-bond donors (Lipinski definition) is 0. The summed E-state index contributed by atoms with van der Waals surface area (Å²) < 4.78 is 0. The third kappa shape index (κ3) is 1.45. The Labute approximate surface area is 111 Å². The van der Waals surface area contributed by atoms with Crippen LogP contribution in [0.25, 0.3) is 32.3 Å². The van der Waals surface area contributed by atoms with Crippen LogP contribution < -0.4 is 0 Å². The lowest BCUT2D eigenvalue weighted by Gasteiger charge is -2.08. The molecule has 0 saturated carbocycles. The molecule has 4 aromatic rings. The zero-order chi connectivity index (χ0) is 12.8. The van der Waals surface area contributed by atoms with E-state index in [0.29, 0.717) is 0 Å². The van der Waals surface area contributed by atoms with Crippen LogP contribution in [0.15, 0.2) is 60.8 Å². The Morgan fingerprint density at radius 3 is 2.26 bits per heavy atom. The first-order valence-electron chi connectivity index (χ1n) is 6.50. The van der Waals surface area contributed by atoms with Crippen molar-refractivity contribution in [1.82, 2.24) is 4.98 Å². The molecule has 1 heterocycles. The molecule has 0 unspecified atom stereocenters. The van der Waals surface area contributed by atoms with Crippen LogP contribution in [-0.4, -0.2) is 4.98 Å². The van der Waals surface area contributed by atoms with Crippen molar-refractivity contribution in [1.29, 1.82) is 0 Å². The van der Waals surface area contributed by atoms with Crippen molar-refractivity contribution in [3.8, 4) is 0 Å². The highest BCUT2D eigenvalue weighted by atomic mass is 14.7. The van der Waals surface area contributed by atoms with Crippen molar-refractivity contribution in [3.05, 3.63) is 66.5 Å². The Bertz CT molecular complexity index is 922. The molecular weight excluding hydrogens is 230 g/mol. The largest absolute Gasteiger partial charge is 0.261 e. The minimum Gasteiger partial charge on any atom is -0.261 e. The van der Waals surface area contributed by atoms with Gasteiger partial charge in [-0.05, 0) is 39.9 Å². The minimum absolute atomic E-state index is 1.09. The van der Waals surface area contributed by atoms with Crippen LogP contribution >= 0.6 is 0 Å². The maximum atomic E-state index is 4.38. The van der Waals surface area contributed by atoms with Gasteiger partial charge in [0.05, 0.1) is 0 Å². The van der Waals surface area contributed by atoms with E-state index in [0.717, 1.165) is 5.69 Å². The van der Waals surface area contributed by atoms with Gasteiger partial charge in [-0.2, -0.15) is 0 Å². The van der Waals surface area contributed by atoms with E-state index in [2.05, 4.69) is 66.5 Å². The molecule has 0 spiro atoms. The Hall–Kier alpha value is -2.41. The molecule has 1 heteroatoms. The molecule has 0 bridgehead atoms. The van der Waals surface area contributed by atoms with Crippen LogP contribution in [0.1, 0.15) is 5.69 Å². The molecule has 1 nitrogen and oxygen atoms in total. The molecule has 0 aliphatic carbocycles. The van der Waals surface area contributed by atoms with Crippen LogP contribution in [-0.2, 0) is 0 Å². The molecule has 0 aliphatic heterocycles. The number of aryl methyl sites for hydroxylation is 1. The number of hydrogen-bond acceptors (Lipinski definition) is 1. The summed E-state index contributed by atoms with van der Waals surface area (Å²) in [6, 6.07) is 19.5. The summed E-state index contributed by atoms with van der Waals surface area (Å²) in [6.45, 7) is 2.06. The van der Waals surface area contributed by atoms with Crippen molar-refractivity contribution in [2.24, 2.45) is 0 Å². The van der Waals surface area contributed by atoms with E-state index in [4.69, 9.17) is 0 Å². The van der Waals surface area contributed by atoms with Gasteiger partial charge in [-0.1, -0.05) is 48.5 Å². The fourth-order valence-corrected chi connectivity index (χ4v) is 2.90. The van der Waals surface area contributed by atoms with Gasteiger partial charge < -0.3 is 0 Å². The van der Waals surface area contributed by atoms with E-state index in [1.807, 2.05) is 6.20 Å². The van der Waals surface area contributed by atoms with Gasteiger partial charge in [0.25, 0.3) is 0 Å². The summed E-state index contributed by atoms with van der Waals surface area (Å²) >= 11 is 0. The Kier molecular flexibility index (Phi) is 2.10. The summed E-state index contributed by atoms with van der Waals surface area (Å²) in [5.74, 6) is 0. The average molecular weight is 243 g/mol. The molecule has 1 aromatic heterocycles. The van der Waals surface area contributed by atoms with Crippen LogP contribution in [0.2, 0.25) is 0 Å². The molecule has 90 valence electrons. The molecular formula is C18H13N. The number of fused-ring (bicyclic) bond motifs is 5. The average Bonchev–Trinajstić information content (AvgIpc) is 2.47. The zero-order valence-electron chi connectivity index (χ0n) is 10.7. The van der Waals surface area contributed by atoms with Crippen molar-refractivity contribution in [2.45, 2.75) is 6.92 Å². The van der Waals surface area contributed by atoms with E-state index >= 15 is 0 Å². The summed E-state index contributed by atoms with van der Waals surface area (Å²) in [6.07, 6.45) is 1.90. The number of rotatable bonds is 0. The molecule has 0 fully saturated rings. The van der Waals surface area contributed by atoms with E-state index < -0.39 is 0 Å². The topological polar surface area (TPSA) is 12.9 Å². The monoisotopic (exact) mass is 243 g/mol. The van der Waals surface area contributed by atoms with Crippen molar-refractivity contribution >= 4 is 32.3 Å². The van der Waals surface area contributed by atoms with Gasteiger partial charge in [0.2, 0.25) is 0 Å². The Balaban J connectivity index is 2.29. The van der Waals surface area contributed by atoms with Crippen molar-refractivity contribution < 1.29 is 0 Å². The Morgan fingerprint density at radius 2 is 1.32 bits per heavy atom. The predicted octanol–water partition coefficient (Wildman–Crippen LogP) is 4.85. The minimum atomic E-state index is 1.09. The summed E-state index contributed by atoms with van der Waals surface area (Å²) in [5.41, 5.74) is 1.09. The third-order valence-corrected chi connectivity index (χ3v) is 3.87. The first kappa shape index (κ1) is 10.5. The highest BCUT2D eigenvalue weighted by molar-refractivity contribution is 6.17. The molecule has 0 atom stereocenters. The molecule has 0 N–H and O–H groups in total. The third-order valence-electron chi connectivity index (χ3n) is 3.87. The molecule has 3 aromatic carbocycles. The standard InChI is InChI=1S/C18H13N/c1-12-14-8-9-16-15-5-3-2-4-13(15)6-7-17(16)18(14)10-11-19-12/h2-11H,1H3. The second-order valence-corrected chi connectivity index (χ2v) is 4.94. The smallest absolute Gasteiger partial charge is 0.0451 e. The number of nitrogens with zero attached hydrogens (tertiary/aromatic N) is 1. The van der Waals surface area contributed by atoms with Gasteiger partial charge >= 0.3 is 0 Å². The molecule has 0 aliphatic rings. The van der Waals surface area contributed by atoms with Crippen LogP contribution in [0.3, 0.4) is 0 Å². The van der Waals surface area contributed by atoms with Crippen LogP contribution in [0, 0.1) is 6.92 Å². The molecule has 4 rings (SSSR count). The van der Waals surface area contributed by atoms with E-state index in [1.54, 1.807) is 0 Å². The first-order valence-corrected chi connectivity index (χ1v) is 6.50. The number of benzene rings is 3. The van der Waals surface area contributed by atoms with E-state index in [-0.39, 0.29) is 0 Å². The summed E-state index contributed by atoms with van der Waals surface area (Å²) in [4.78, 5) is 4.38. The zero-order valence-corrected chi connectivity index (χ0v) is 10.7. The maximum absolute atomic E-state index is 4.38. The van der Waals surface area contributed by atoms with Gasteiger partial charge in [-0.15, -0.1) is 0 Å². The summed E-state index contributed by atoms with van der Waals surface area (Å²) in [7, 11) is 0. The first-order chi connectivity index (χ1) is 9.34. The van der Waals surface area contributed by atoms with Crippen molar-refractivity contribution in [3.63, 3.8) is 0 Å². The number of pyridine rings is 1. The second kappa shape index (κ2) is 3.79. The molecule has 0 radical (unpaired) electrons. The van der Waals surface area contributed by atoms with E-state index in [9.17, 15) is 0 Å². The fourth-order valence-electron chi connectivity index (χ4n) is 2.90. The highest BCUT2D eigenvalue weighted by Crippen LogP contribution is 2.31. The lowest BCUT2D eigenvalue weighted by Crippen LogP contribution is -1.85. The van der Waals surface area contributed by atoms with Gasteiger partial charge in [0, 0.05) is 17.3 Å². The van der Waals surface area contributed by atoms with Crippen molar-refractivity contribution in [2.75, 3.05) is 0 Å². The van der Waals surface area contributed by atoms with Gasteiger partial charge in [-0.3, -0.25) is 4.98 Å².